The van der Waals surface area contributed by atoms with Crippen molar-refractivity contribution in [3.63, 3.8) is 0 Å². The van der Waals surface area contributed by atoms with E-state index in [0.29, 0.717) is 0 Å². The van der Waals surface area contributed by atoms with Crippen LogP contribution in [0.15, 0.2) is 48.5 Å². The van der Waals surface area contributed by atoms with Crippen LogP contribution in [0.1, 0.15) is 5.56 Å². The van der Waals surface area contributed by atoms with Crippen LogP contribution < -0.4 is 4.74 Å². The topological polar surface area (TPSA) is 9.23 Å². The van der Waals surface area contributed by atoms with Gasteiger partial charge in [0.1, 0.15) is 5.75 Å². The van der Waals surface area contributed by atoms with Crippen LogP contribution >= 0.6 is 0 Å². The summed E-state index contributed by atoms with van der Waals surface area (Å²) in [6.45, 7) is 0.821. The van der Waals surface area contributed by atoms with Gasteiger partial charge in [0.25, 0.3) is 0 Å². The predicted molar refractivity (Wildman–Crippen MR) is 70.7 cm³/mol. The molecule has 0 N–H and O–H groups in total. The van der Waals surface area contributed by atoms with Crippen molar-refractivity contribution in [3.8, 4) is 5.75 Å². The van der Waals surface area contributed by atoms with Crippen LogP contribution in [-0.4, -0.2) is 6.61 Å². The van der Waals surface area contributed by atoms with Gasteiger partial charge in [-0.2, -0.15) is 0 Å². The van der Waals surface area contributed by atoms with E-state index in [2.05, 4.69) is 48.5 Å². The largest absolute Gasteiger partial charge is 0.493 e. The van der Waals surface area contributed by atoms with Crippen LogP contribution in [0.5, 0.6) is 5.75 Å². The maximum Gasteiger partial charge on any atom is 0.123 e. The summed E-state index contributed by atoms with van der Waals surface area (Å²) in [6.07, 6.45) is 1.03. The molecule has 0 fully saturated rings. The molecule has 0 saturated heterocycles. The van der Waals surface area contributed by atoms with Crippen LogP contribution in [-0.2, 0) is 6.42 Å². The molecular weight excluding hydrogens is 208 g/mol. The van der Waals surface area contributed by atoms with Crippen molar-refractivity contribution in [2.75, 3.05) is 6.61 Å². The van der Waals surface area contributed by atoms with Gasteiger partial charge in [-0.15, -0.1) is 0 Å². The molecule has 0 aliphatic carbocycles. The van der Waals surface area contributed by atoms with Crippen LogP contribution in [0.4, 0.5) is 0 Å². The number of benzene rings is 3. The zero-order valence-corrected chi connectivity index (χ0v) is 9.44. The highest BCUT2D eigenvalue weighted by Gasteiger charge is 2.15. The first-order valence-corrected chi connectivity index (χ1v) is 6.00. The highest BCUT2D eigenvalue weighted by Crippen LogP contribution is 2.35. The van der Waals surface area contributed by atoms with Crippen molar-refractivity contribution < 1.29 is 4.74 Å². The smallest absolute Gasteiger partial charge is 0.123 e. The van der Waals surface area contributed by atoms with Gasteiger partial charge >= 0.3 is 0 Å². The SMILES string of the molecule is c1ccc2c(c1)ccc1c3c(ccc12)OCC3. The average molecular weight is 220 g/mol. The second kappa shape index (κ2) is 3.24. The number of ether oxygens (including phenoxy) is 1. The third-order valence-electron chi connectivity index (χ3n) is 3.60. The predicted octanol–water partition coefficient (Wildman–Crippen LogP) is 3.93. The zero-order valence-electron chi connectivity index (χ0n) is 9.44. The van der Waals surface area contributed by atoms with E-state index in [1.807, 2.05) is 0 Å². The lowest BCUT2D eigenvalue weighted by atomic mass is 9.97. The number of hydrogen-bond donors (Lipinski definition) is 0. The van der Waals surface area contributed by atoms with Crippen LogP contribution in [0.3, 0.4) is 0 Å². The van der Waals surface area contributed by atoms with Crippen LogP contribution in [0.25, 0.3) is 21.5 Å². The van der Waals surface area contributed by atoms with Gasteiger partial charge in [-0.25, -0.2) is 0 Å². The van der Waals surface area contributed by atoms with Crippen LogP contribution in [0.2, 0.25) is 0 Å². The zero-order chi connectivity index (χ0) is 11.2. The molecule has 0 amide bonds. The van der Waals surface area contributed by atoms with E-state index in [9.17, 15) is 0 Å². The summed E-state index contributed by atoms with van der Waals surface area (Å²) in [5.41, 5.74) is 1.37. The second-order valence-corrected chi connectivity index (χ2v) is 4.52. The number of fused-ring (bicyclic) bond motifs is 5. The van der Waals surface area contributed by atoms with Crippen molar-refractivity contribution in [1.82, 2.24) is 0 Å². The maximum atomic E-state index is 5.62. The molecule has 0 unspecified atom stereocenters. The Balaban J connectivity index is 2.22. The summed E-state index contributed by atoms with van der Waals surface area (Å²) in [7, 11) is 0. The van der Waals surface area contributed by atoms with Gasteiger partial charge in [0.05, 0.1) is 6.61 Å². The Labute approximate surface area is 99.6 Å². The van der Waals surface area contributed by atoms with Crippen molar-refractivity contribution in [1.29, 1.82) is 0 Å². The Hall–Kier alpha value is -2.02. The molecule has 4 rings (SSSR count). The van der Waals surface area contributed by atoms with E-state index in [-0.39, 0.29) is 0 Å². The lowest BCUT2D eigenvalue weighted by molar-refractivity contribution is 0.357. The normalized spacial score (nSPS) is 13.9. The van der Waals surface area contributed by atoms with Gasteiger partial charge in [0, 0.05) is 12.0 Å². The molecular formula is C16H12O. The average Bonchev–Trinajstić information content (AvgIpc) is 2.86. The minimum Gasteiger partial charge on any atom is -0.493 e. The lowest BCUT2D eigenvalue weighted by Crippen LogP contribution is -1.85. The third-order valence-corrected chi connectivity index (χ3v) is 3.60. The summed E-state index contributed by atoms with van der Waals surface area (Å²) >= 11 is 0. The molecule has 3 aromatic carbocycles. The van der Waals surface area contributed by atoms with E-state index in [1.165, 1.54) is 27.1 Å². The fourth-order valence-corrected chi connectivity index (χ4v) is 2.79. The molecule has 82 valence electrons. The minimum atomic E-state index is 0.821. The standard InChI is InChI=1S/C16H12O/c1-2-4-12-11(3-1)5-6-14-13(12)7-8-16-15(14)9-10-17-16/h1-8H,9-10H2. The van der Waals surface area contributed by atoms with Gasteiger partial charge in [0.2, 0.25) is 0 Å². The number of hydrogen-bond acceptors (Lipinski definition) is 1. The molecule has 0 aromatic heterocycles. The molecule has 0 saturated carbocycles. The molecule has 0 atom stereocenters. The first-order valence-electron chi connectivity index (χ1n) is 6.00. The first kappa shape index (κ1) is 9.06. The fourth-order valence-electron chi connectivity index (χ4n) is 2.79. The highest BCUT2D eigenvalue weighted by atomic mass is 16.5. The summed E-state index contributed by atoms with van der Waals surface area (Å²) in [6, 6.07) is 17.3. The number of rotatable bonds is 0. The Bertz CT molecular complexity index is 728. The van der Waals surface area contributed by atoms with E-state index >= 15 is 0 Å². The van der Waals surface area contributed by atoms with Crippen LogP contribution in [0, 0.1) is 0 Å². The molecule has 3 aromatic rings. The van der Waals surface area contributed by atoms with Gasteiger partial charge in [0.15, 0.2) is 0 Å². The fraction of sp³-hybridized carbons (Fsp3) is 0.125. The Morgan fingerprint density at radius 1 is 0.765 bits per heavy atom. The third kappa shape index (κ3) is 1.19. The van der Waals surface area contributed by atoms with Gasteiger partial charge in [-0.3, -0.25) is 0 Å². The van der Waals surface area contributed by atoms with Crippen molar-refractivity contribution in [2.45, 2.75) is 6.42 Å². The molecule has 1 nitrogen and oxygen atoms in total. The van der Waals surface area contributed by atoms with Crippen molar-refractivity contribution in [3.05, 3.63) is 54.1 Å². The summed E-state index contributed by atoms with van der Waals surface area (Å²) < 4.78 is 5.62. The molecule has 1 heteroatoms. The van der Waals surface area contributed by atoms with Crippen molar-refractivity contribution >= 4 is 21.5 Å². The Kier molecular flexibility index (Phi) is 1.72. The van der Waals surface area contributed by atoms with Crippen molar-refractivity contribution in [2.24, 2.45) is 0 Å². The van der Waals surface area contributed by atoms with Gasteiger partial charge in [-0.05, 0) is 27.6 Å². The van der Waals surface area contributed by atoms with E-state index in [4.69, 9.17) is 4.74 Å². The summed E-state index contributed by atoms with van der Waals surface area (Å²) in [4.78, 5) is 0. The summed E-state index contributed by atoms with van der Waals surface area (Å²) in [5, 5.41) is 5.32. The van der Waals surface area contributed by atoms with E-state index in [0.717, 1.165) is 18.8 Å². The summed E-state index contributed by atoms with van der Waals surface area (Å²) in [5.74, 6) is 1.06. The minimum absolute atomic E-state index is 0.821. The highest BCUT2D eigenvalue weighted by molar-refractivity contribution is 6.09. The van der Waals surface area contributed by atoms with E-state index in [1.54, 1.807) is 0 Å². The molecule has 0 bridgehead atoms. The molecule has 0 radical (unpaired) electrons. The molecule has 17 heavy (non-hydrogen) atoms. The Morgan fingerprint density at radius 2 is 1.65 bits per heavy atom. The second-order valence-electron chi connectivity index (χ2n) is 4.52. The first-order chi connectivity index (χ1) is 8.43. The van der Waals surface area contributed by atoms with Gasteiger partial charge < -0.3 is 4.74 Å². The lowest BCUT2D eigenvalue weighted by Gasteiger charge is -2.07. The Morgan fingerprint density at radius 3 is 2.65 bits per heavy atom. The van der Waals surface area contributed by atoms with Gasteiger partial charge in [-0.1, -0.05) is 42.5 Å². The molecule has 1 heterocycles. The maximum absolute atomic E-state index is 5.62. The molecule has 1 aliphatic heterocycles. The molecule has 1 aliphatic rings. The molecule has 0 spiro atoms. The quantitative estimate of drug-likeness (QED) is 0.522. The monoisotopic (exact) mass is 220 g/mol. The van der Waals surface area contributed by atoms with E-state index < -0.39 is 0 Å².